The van der Waals surface area contributed by atoms with E-state index in [2.05, 4.69) is 59.7 Å². The van der Waals surface area contributed by atoms with E-state index in [-0.39, 0.29) is 5.41 Å². The highest BCUT2D eigenvalue weighted by Crippen LogP contribution is 2.37. The van der Waals surface area contributed by atoms with E-state index in [4.69, 9.17) is 0 Å². The molecule has 0 saturated heterocycles. The molecule has 0 N–H and O–H groups in total. The highest BCUT2D eigenvalue weighted by molar-refractivity contribution is 5.38. The van der Waals surface area contributed by atoms with Crippen LogP contribution in [0, 0.1) is 26.2 Å². The molecule has 0 bridgehead atoms. The van der Waals surface area contributed by atoms with Crippen molar-refractivity contribution in [3.8, 4) is 0 Å². The molecular formula is C14H21. The quantitative estimate of drug-likeness (QED) is 0.619. The summed E-state index contributed by atoms with van der Waals surface area (Å²) in [6.45, 7) is 15.4. The van der Waals surface area contributed by atoms with E-state index >= 15 is 0 Å². The smallest absolute Gasteiger partial charge is 0.0108 e. The third kappa shape index (κ3) is 2.17. The molecule has 1 aromatic carbocycles. The molecule has 0 nitrogen and oxygen atoms in total. The number of hydrogen-bond donors (Lipinski definition) is 0. The minimum atomic E-state index is 0.233. The molecule has 1 radical (unpaired) electrons. The zero-order valence-corrected chi connectivity index (χ0v) is 10.0. The van der Waals surface area contributed by atoms with Crippen LogP contribution in [0.2, 0.25) is 0 Å². The second-order valence-corrected chi connectivity index (χ2v) is 5.22. The fourth-order valence-electron chi connectivity index (χ4n) is 1.81. The molecule has 1 unspecified atom stereocenters. The van der Waals surface area contributed by atoms with Crippen LogP contribution in [-0.2, 0) is 0 Å². The first kappa shape index (κ1) is 11.3. The van der Waals surface area contributed by atoms with Crippen LogP contribution in [0.1, 0.15) is 43.4 Å². The topological polar surface area (TPSA) is 0 Å². The van der Waals surface area contributed by atoms with Gasteiger partial charge in [-0.25, -0.2) is 0 Å². The Kier molecular flexibility index (Phi) is 3.04. The van der Waals surface area contributed by atoms with Crippen molar-refractivity contribution in [2.75, 3.05) is 0 Å². The minimum absolute atomic E-state index is 0.233. The first-order valence-electron chi connectivity index (χ1n) is 5.23. The average molecular weight is 189 g/mol. The maximum absolute atomic E-state index is 4.30. The number of hydrogen-bond acceptors (Lipinski definition) is 0. The van der Waals surface area contributed by atoms with Crippen LogP contribution >= 0.6 is 0 Å². The Morgan fingerprint density at radius 1 is 1.07 bits per heavy atom. The molecule has 0 spiro atoms. The number of benzene rings is 1. The van der Waals surface area contributed by atoms with Crippen molar-refractivity contribution in [3.63, 3.8) is 0 Å². The number of rotatable bonds is 1. The van der Waals surface area contributed by atoms with Gasteiger partial charge in [0.1, 0.15) is 0 Å². The lowest BCUT2D eigenvalue weighted by molar-refractivity contribution is 0.362. The van der Waals surface area contributed by atoms with Crippen LogP contribution < -0.4 is 0 Å². The fraction of sp³-hybridized carbons (Fsp3) is 0.500. The summed E-state index contributed by atoms with van der Waals surface area (Å²) in [5, 5.41) is 0. The lowest BCUT2D eigenvalue weighted by atomic mass is 9.75. The zero-order valence-electron chi connectivity index (χ0n) is 10.0. The highest BCUT2D eigenvalue weighted by atomic mass is 14.3. The molecule has 1 aromatic rings. The summed E-state index contributed by atoms with van der Waals surface area (Å²) in [5.74, 6) is 0.365. The maximum atomic E-state index is 4.30. The zero-order chi connectivity index (χ0) is 10.9. The second-order valence-electron chi connectivity index (χ2n) is 5.22. The molecule has 14 heavy (non-hydrogen) atoms. The van der Waals surface area contributed by atoms with Gasteiger partial charge in [-0.15, -0.1) is 0 Å². The van der Waals surface area contributed by atoms with Gasteiger partial charge in [-0.2, -0.15) is 0 Å². The van der Waals surface area contributed by atoms with E-state index in [0.29, 0.717) is 5.92 Å². The van der Waals surface area contributed by atoms with E-state index < -0.39 is 0 Å². The Hall–Kier alpha value is -0.780. The van der Waals surface area contributed by atoms with E-state index in [1.165, 1.54) is 16.7 Å². The van der Waals surface area contributed by atoms with Gasteiger partial charge in [0.15, 0.2) is 0 Å². The van der Waals surface area contributed by atoms with Crippen molar-refractivity contribution in [2.45, 2.75) is 40.5 Å². The lowest BCUT2D eigenvalue weighted by Gasteiger charge is -2.30. The summed E-state index contributed by atoms with van der Waals surface area (Å²) in [5.41, 5.74) is 4.37. The molecule has 0 aromatic heterocycles. The third-order valence-corrected chi connectivity index (χ3v) is 2.94. The summed E-state index contributed by atoms with van der Waals surface area (Å²) in [6.07, 6.45) is 0. The molecule has 0 aliphatic rings. The van der Waals surface area contributed by atoms with Crippen LogP contribution in [0.5, 0.6) is 0 Å². The van der Waals surface area contributed by atoms with Gasteiger partial charge in [0.25, 0.3) is 0 Å². The molecule has 0 aliphatic heterocycles. The van der Waals surface area contributed by atoms with E-state index in [9.17, 15) is 0 Å². The SMILES string of the molecule is [CH2]C(c1c(C)cccc1C)C(C)(C)C. The van der Waals surface area contributed by atoms with Crippen LogP contribution in [0.25, 0.3) is 0 Å². The van der Waals surface area contributed by atoms with Crippen molar-refractivity contribution >= 4 is 0 Å². The summed E-state index contributed by atoms with van der Waals surface area (Å²) in [6, 6.07) is 6.46. The summed E-state index contributed by atoms with van der Waals surface area (Å²) < 4.78 is 0. The molecule has 0 fully saturated rings. The Balaban J connectivity index is 3.19. The van der Waals surface area contributed by atoms with Crippen molar-refractivity contribution < 1.29 is 0 Å². The second kappa shape index (κ2) is 3.76. The van der Waals surface area contributed by atoms with E-state index in [0.717, 1.165) is 0 Å². The normalized spacial score (nSPS) is 14.1. The predicted octanol–water partition coefficient (Wildman–Crippen LogP) is 4.27. The van der Waals surface area contributed by atoms with Crippen molar-refractivity contribution in [1.29, 1.82) is 0 Å². The summed E-state index contributed by atoms with van der Waals surface area (Å²) in [4.78, 5) is 0. The van der Waals surface area contributed by atoms with Crippen LogP contribution in [0.4, 0.5) is 0 Å². The first-order valence-corrected chi connectivity index (χ1v) is 5.23. The molecule has 0 saturated carbocycles. The predicted molar refractivity (Wildman–Crippen MR) is 63.5 cm³/mol. The average Bonchev–Trinajstić information content (AvgIpc) is 2.01. The van der Waals surface area contributed by atoms with Gasteiger partial charge >= 0.3 is 0 Å². The van der Waals surface area contributed by atoms with Gasteiger partial charge in [-0.3, -0.25) is 0 Å². The molecular weight excluding hydrogens is 168 g/mol. The van der Waals surface area contributed by atoms with Gasteiger partial charge in [0.2, 0.25) is 0 Å². The Morgan fingerprint density at radius 2 is 1.50 bits per heavy atom. The van der Waals surface area contributed by atoms with Crippen molar-refractivity contribution in [3.05, 3.63) is 41.8 Å². The van der Waals surface area contributed by atoms with Crippen LogP contribution in [0.3, 0.4) is 0 Å². The van der Waals surface area contributed by atoms with Gasteiger partial charge in [-0.1, -0.05) is 39.0 Å². The molecule has 77 valence electrons. The largest absolute Gasteiger partial charge is 0.0617 e. The fourth-order valence-corrected chi connectivity index (χ4v) is 1.81. The van der Waals surface area contributed by atoms with Gasteiger partial charge in [-0.05, 0) is 48.8 Å². The van der Waals surface area contributed by atoms with E-state index in [1.54, 1.807) is 0 Å². The van der Waals surface area contributed by atoms with Gasteiger partial charge in [0, 0.05) is 0 Å². The van der Waals surface area contributed by atoms with E-state index in [1.807, 2.05) is 0 Å². The Labute approximate surface area is 88.4 Å². The standard InChI is InChI=1S/C14H21/c1-10-8-7-9-11(2)13(10)12(3)14(4,5)6/h7-9,12H,3H2,1-2,4-6H3. The van der Waals surface area contributed by atoms with Crippen molar-refractivity contribution in [1.82, 2.24) is 0 Å². The van der Waals surface area contributed by atoms with Crippen LogP contribution in [0.15, 0.2) is 18.2 Å². The molecule has 1 rings (SSSR count). The molecule has 0 heterocycles. The van der Waals surface area contributed by atoms with Gasteiger partial charge in [0.05, 0.1) is 0 Å². The monoisotopic (exact) mass is 189 g/mol. The Morgan fingerprint density at radius 3 is 1.86 bits per heavy atom. The third-order valence-electron chi connectivity index (χ3n) is 2.94. The maximum Gasteiger partial charge on any atom is -0.0108 e. The lowest BCUT2D eigenvalue weighted by Crippen LogP contribution is -2.17. The summed E-state index contributed by atoms with van der Waals surface area (Å²) in [7, 11) is 0. The van der Waals surface area contributed by atoms with Crippen LogP contribution in [-0.4, -0.2) is 0 Å². The Bertz CT molecular complexity index is 295. The molecule has 0 amide bonds. The molecule has 0 aliphatic carbocycles. The van der Waals surface area contributed by atoms with Crippen molar-refractivity contribution in [2.24, 2.45) is 5.41 Å². The number of aryl methyl sites for hydroxylation is 2. The van der Waals surface area contributed by atoms with Gasteiger partial charge < -0.3 is 0 Å². The minimum Gasteiger partial charge on any atom is -0.0617 e. The summed E-state index contributed by atoms with van der Waals surface area (Å²) >= 11 is 0. The first-order chi connectivity index (χ1) is 6.34. The molecule has 0 heteroatoms. The molecule has 1 atom stereocenters. The highest BCUT2D eigenvalue weighted by Gasteiger charge is 2.24.